The number of methoxy groups -OCH3 is 1. The fourth-order valence-corrected chi connectivity index (χ4v) is 3.36. The van der Waals surface area contributed by atoms with E-state index in [9.17, 15) is 0 Å². The van der Waals surface area contributed by atoms with Crippen LogP contribution in [0.1, 0.15) is 25.8 Å². The molecule has 5 heteroatoms. The van der Waals surface area contributed by atoms with Crippen molar-refractivity contribution in [2.24, 2.45) is 5.92 Å². The molecule has 1 saturated heterocycles. The van der Waals surface area contributed by atoms with Gasteiger partial charge in [-0.1, -0.05) is 0 Å². The third-order valence-corrected chi connectivity index (χ3v) is 4.89. The number of hydrogen-bond donors (Lipinski definition) is 2. The van der Waals surface area contributed by atoms with E-state index in [4.69, 9.17) is 4.74 Å². The molecule has 1 fully saturated rings. The summed E-state index contributed by atoms with van der Waals surface area (Å²) in [6.45, 7) is 8.91. The minimum atomic E-state index is 0.658. The molecular formula is C19H28N4O. The Hall–Kier alpha value is -1.85. The van der Waals surface area contributed by atoms with Crippen molar-refractivity contribution in [1.82, 2.24) is 20.4 Å². The number of benzene rings is 1. The Labute approximate surface area is 144 Å². The molecule has 2 N–H and O–H groups in total. The van der Waals surface area contributed by atoms with Gasteiger partial charge in [0.05, 0.1) is 19.0 Å². The van der Waals surface area contributed by atoms with Crippen molar-refractivity contribution in [3.63, 3.8) is 0 Å². The fourth-order valence-electron chi connectivity index (χ4n) is 3.36. The molecule has 0 aliphatic carbocycles. The average Bonchev–Trinajstić information content (AvgIpc) is 3.24. The second-order valence-electron chi connectivity index (χ2n) is 6.87. The molecule has 24 heavy (non-hydrogen) atoms. The highest BCUT2D eigenvalue weighted by Gasteiger charge is 2.23. The second-order valence-corrected chi connectivity index (χ2v) is 6.87. The van der Waals surface area contributed by atoms with Gasteiger partial charge < -0.3 is 15.0 Å². The van der Waals surface area contributed by atoms with Gasteiger partial charge in [0.2, 0.25) is 0 Å². The van der Waals surface area contributed by atoms with Gasteiger partial charge in [-0.2, -0.15) is 5.10 Å². The van der Waals surface area contributed by atoms with Gasteiger partial charge in [0.15, 0.2) is 0 Å². The monoisotopic (exact) mass is 328 g/mol. The van der Waals surface area contributed by atoms with E-state index in [1.165, 1.54) is 25.1 Å². The summed E-state index contributed by atoms with van der Waals surface area (Å²) in [5.41, 5.74) is 3.43. The summed E-state index contributed by atoms with van der Waals surface area (Å²) in [6.07, 6.45) is 3.21. The zero-order valence-electron chi connectivity index (χ0n) is 14.9. The predicted octanol–water partition coefficient (Wildman–Crippen LogP) is 2.91. The van der Waals surface area contributed by atoms with Crippen LogP contribution in [0, 0.1) is 5.92 Å². The van der Waals surface area contributed by atoms with Crippen LogP contribution in [0.5, 0.6) is 5.75 Å². The minimum absolute atomic E-state index is 0.658. The number of aromatic nitrogens is 2. The summed E-state index contributed by atoms with van der Waals surface area (Å²) < 4.78 is 5.22. The van der Waals surface area contributed by atoms with Crippen molar-refractivity contribution in [1.29, 1.82) is 0 Å². The quantitative estimate of drug-likeness (QED) is 0.820. The highest BCUT2D eigenvalue weighted by atomic mass is 16.5. The van der Waals surface area contributed by atoms with Gasteiger partial charge in [0, 0.05) is 30.3 Å². The first-order valence-corrected chi connectivity index (χ1v) is 8.78. The predicted molar refractivity (Wildman–Crippen MR) is 97.1 cm³/mol. The Kier molecular flexibility index (Phi) is 5.53. The molecule has 1 aromatic heterocycles. The van der Waals surface area contributed by atoms with E-state index in [0.29, 0.717) is 6.04 Å². The Balaban J connectivity index is 1.54. The van der Waals surface area contributed by atoms with Crippen LogP contribution in [0.25, 0.3) is 11.3 Å². The third kappa shape index (κ3) is 3.97. The standard InChI is InChI=1S/C19H28N4O/c1-14(2)23-9-8-15(13-23)10-20-11-17-12-21-22-19(17)16-4-6-18(24-3)7-5-16/h4-7,12,14-15,20H,8-11,13H2,1-3H3,(H,21,22). The van der Waals surface area contributed by atoms with Crippen LogP contribution in [0.15, 0.2) is 30.5 Å². The van der Waals surface area contributed by atoms with Crippen LogP contribution in [0.3, 0.4) is 0 Å². The normalized spacial score (nSPS) is 18.4. The lowest BCUT2D eigenvalue weighted by Gasteiger charge is -2.20. The summed E-state index contributed by atoms with van der Waals surface area (Å²) in [5, 5.41) is 11.0. The highest BCUT2D eigenvalue weighted by molar-refractivity contribution is 5.63. The van der Waals surface area contributed by atoms with Gasteiger partial charge in [0.25, 0.3) is 0 Å². The van der Waals surface area contributed by atoms with Gasteiger partial charge in [-0.3, -0.25) is 5.10 Å². The summed E-state index contributed by atoms with van der Waals surface area (Å²) >= 11 is 0. The summed E-state index contributed by atoms with van der Waals surface area (Å²) in [7, 11) is 1.68. The van der Waals surface area contributed by atoms with Gasteiger partial charge >= 0.3 is 0 Å². The molecule has 0 saturated carbocycles. The molecule has 130 valence electrons. The Morgan fingerprint density at radius 3 is 2.79 bits per heavy atom. The first-order valence-electron chi connectivity index (χ1n) is 8.78. The van der Waals surface area contributed by atoms with Gasteiger partial charge in [-0.05, 0) is 63.5 Å². The zero-order valence-corrected chi connectivity index (χ0v) is 14.9. The van der Waals surface area contributed by atoms with Crippen LogP contribution in [0.4, 0.5) is 0 Å². The topological polar surface area (TPSA) is 53.2 Å². The third-order valence-electron chi connectivity index (χ3n) is 4.89. The van der Waals surface area contributed by atoms with Crippen molar-refractivity contribution < 1.29 is 4.74 Å². The summed E-state index contributed by atoms with van der Waals surface area (Å²) in [6, 6.07) is 8.74. The first-order chi connectivity index (χ1) is 11.7. The summed E-state index contributed by atoms with van der Waals surface area (Å²) in [5.74, 6) is 1.62. The largest absolute Gasteiger partial charge is 0.497 e. The van der Waals surface area contributed by atoms with Crippen molar-refractivity contribution in [3.05, 3.63) is 36.0 Å². The second kappa shape index (κ2) is 7.81. The summed E-state index contributed by atoms with van der Waals surface area (Å²) in [4.78, 5) is 2.56. The van der Waals surface area contributed by atoms with Crippen molar-refractivity contribution in [2.75, 3.05) is 26.7 Å². The van der Waals surface area contributed by atoms with E-state index in [-0.39, 0.29) is 0 Å². The molecule has 1 unspecified atom stereocenters. The highest BCUT2D eigenvalue weighted by Crippen LogP contribution is 2.24. The van der Waals surface area contributed by atoms with Crippen molar-refractivity contribution in [3.8, 4) is 17.0 Å². The molecule has 0 amide bonds. The van der Waals surface area contributed by atoms with Gasteiger partial charge in [0.1, 0.15) is 5.75 Å². The minimum Gasteiger partial charge on any atom is -0.497 e. The van der Waals surface area contributed by atoms with Crippen LogP contribution in [0.2, 0.25) is 0 Å². The fraction of sp³-hybridized carbons (Fsp3) is 0.526. The lowest BCUT2D eigenvalue weighted by molar-refractivity contribution is 0.264. The smallest absolute Gasteiger partial charge is 0.118 e. The molecule has 0 spiro atoms. The Morgan fingerprint density at radius 1 is 1.33 bits per heavy atom. The number of rotatable bonds is 7. The number of ether oxygens (including phenoxy) is 1. The molecule has 0 bridgehead atoms. The lowest BCUT2D eigenvalue weighted by Crippen LogP contribution is -2.30. The maximum atomic E-state index is 5.22. The molecule has 1 aromatic carbocycles. The average molecular weight is 328 g/mol. The van der Waals surface area contributed by atoms with Crippen LogP contribution in [-0.2, 0) is 6.54 Å². The number of nitrogens with one attached hydrogen (secondary N) is 2. The Morgan fingerprint density at radius 2 is 2.12 bits per heavy atom. The van der Waals surface area contributed by atoms with Crippen molar-refractivity contribution >= 4 is 0 Å². The maximum Gasteiger partial charge on any atom is 0.118 e. The van der Waals surface area contributed by atoms with Gasteiger partial charge in [-0.25, -0.2) is 0 Å². The van der Waals surface area contributed by atoms with E-state index in [1.54, 1.807) is 7.11 Å². The van der Waals surface area contributed by atoms with E-state index in [2.05, 4.69) is 46.4 Å². The molecular weight excluding hydrogens is 300 g/mol. The Bertz CT molecular complexity index is 635. The molecule has 1 atom stereocenters. The van der Waals surface area contributed by atoms with E-state index in [0.717, 1.165) is 36.0 Å². The molecule has 2 aromatic rings. The number of aromatic amines is 1. The van der Waals surface area contributed by atoms with Crippen LogP contribution in [-0.4, -0.2) is 47.9 Å². The maximum absolute atomic E-state index is 5.22. The molecule has 2 heterocycles. The van der Waals surface area contributed by atoms with E-state index >= 15 is 0 Å². The zero-order chi connectivity index (χ0) is 16.9. The SMILES string of the molecule is COc1ccc(-c2[nH]ncc2CNCC2CCN(C(C)C)C2)cc1. The molecule has 5 nitrogen and oxygen atoms in total. The number of nitrogens with zero attached hydrogens (tertiary/aromatic N) is 2. The molecule has 0 radical (unpaired) electrons. The number of hydrogen-bond acceptors (Lipinski definition) is 4. The van der Waals surface area contributed by atoms with E-state index < -0.39 is 0 Å². The molecule has 1 aliphatic heterocycles. The van der Waals surface area contributed by atoms with E-state index in [1.807, 2.05) is 18.3 Å². The number of likely N-dealkylation sites (tertiary alicyclic amines) is 1. The lowest BCUT2D eigenvalue weighted by atomic mass is 10.1. The molecule has 1 aliphatic rings. The van der Waals surface area contributed by atoms with Crippen molar-refractivity contribution in [2.45, 2.75) is 32.9 Å². The first kappa shape index (κ1) is 17.0. The van der Waals surface area contributed by atoms with Gasteiger partial charge in [-0.15, -0.1) is 0 Å². The number of H-pyrrole nitrogens is 1. The van der Waals surface area contributed by atoms with Crippen LogP contribution >= 0.6 is 0 Å². The molecule has 3 rings (SSSR count). The van der Waals surface area contributed by atoms with Crippen LogP contribution < -0.4 is 10.1 Å².